The van der Waals surface area contributed by atoms with Crippen molar-refractivity contribution < 1.29 is 0 Å². The Hall–Kier alpha value is -0.290. The highest BCUT2D eigenvalue weighted by Gasteiger charge is 2.24. The third-order valence-electron chi connectivity index (χ3n) is 3.30. The number of halogens is 1. The van der Waals surface area contributed by atoms with Crippen LogP contribution >= 0.6 is 27.7 Å². The van der Waals surface area contributed by atoms with E-state index in [1.54, 1.807) is 0 Å². The van der Waals surface area contributed by atoms with Gasteiger partial charge in [0.15, 0.2) is 0 Å². The van der Waals surface area contributed by atoms with Crippen molar-refractivity contribution in [1.82, 2.24) is 9.97 Å². The van der Waals surface area contributed by atoms with Crippen molar-refractivity contribution in [2.45, 2.75) is 50.3 Å². The third kappa shape index (κ3) is 3.60. The van der Waals surface area contributed by atoms with E-state index in [1.165, 1.54) is 19.3 Å². The average Bonchev–Trinajstić information content (AvgIpc) is 2.76. The minimum atomic E-state index is 0.352. The van der Waals surface area contributed by atoms with Crippen LogP contribution in [-0.2, 0) is 0 Å². The van der Waals surface area contributed by atoms with Gasteiger partial charge in [0.2, 0.25) is 0 Å². The molecule has 0 radical (unpaired) electrons. The van der Waals surface area contributed by atoms with E-state index in [0.29, 0.717) is 12.0 Å². The van der Waals surface area contributed by atoms with Gasteiger partial charge >= 0.3 is 0 Å². The molecule has 0 saturated heterocycles. The quantitative estimate of drug-likeness (QED) is 0.845. The van der Waals surface area contributed by atoms with Crippen molar-refractivity contribution in [2.75, 3.05) is 11.6 Å². The van der Waals surface area contributed by atoms with Crippen LogP contribution in [0.3, 0.4) is 0 Å². The fourth-order valence-electron chi connectivity index (χ4n) is 2.26. The molecule has 1 fully saturated rings. The maximum absolute atomic E-state index is 4.59. The zero-order valence-electron chi connectivity index (χ0n) is 11.1. The summed E-state index contributed by atoms with van der Waals surface area (Å²) in [5.41, 5.74) is 0. The first kappa shape index (κ1) is 14.1. The van der Waals surface area contributed by atoms with Gasteiger partial charge in [-0.15, -0.1) is 0 Å². The van der Waals surface area contributed by atoms with Gasteiger partial charge in [-0.3, -0.25) is 0 Å². The summed E-state index contributed by atoms with van der Waals surface area (Å²) in [5.74, 6) is 2.20. The lowest BCUT2D eigenvalue weighted by atomic mass is 10.2. The summed E-state index contributed by atoms with van der Waals surface area (Å²) in [4.78, 5) is 8.99. The number of hydrogen-bond donors (Lipinski definition) is 1. The third-order valence-corrected chi connectivity index (χ3v) is 4.80. The van der Waals surface area contributed by atoms with Crippen molar-refractivity contribution in [3.63, 3.8) is 0 Å². The normalized spacial score (nSPS) is 23.6. The second-order valence-corrected chi connectivity index (χ2v) is 7.05. The summed E-state index contributed by atoms with van der Waals surface area (Å²) in [7, 11) is 0. The molecule has 2 unspecified atom stereocenters. The maximum Gasteiger partial charge on any atom is 0.134 e. The fourth-order valence-corrected chi connectivity index (χ4v) is 3.46. The molecule has 0 spiro atoms. The van der Waals surface area contributed by atoms with Gasteiger partial charge in [0.25, 0.3) is 0 Å². The van der Waals surface area contributed by atoms with Crippen molar-refractivity contribution in [3.05, 3.63) is 16.5 Å². The zero-order chi connectivity index (χ0) is 13.1. The van der Waals surface area contributed by atoms with E-state index in [1.807, 2.05) is 17.8 Å². The van der Waals surface area contributed by atoms with E-state index in [-0.39, 0.29) is 0 Å². The Morgan fingerprint density at radius 1 is 1.39 bits per heavy atom. The van der Waals surface area contributed by atoms with Gasteiger partial charge in [0.1, 0.15) is 16.2 Å². The lowest BCUT2D eigenvalue weighted by molar-refractivity contribution is 0.734. The van der Waals surface area contributed by atoms with Crippen LogP contribution in [0.25, 0.3) is 0 Å². The molecule has 1 aliphatic carbocycles. The van der Waals surface area contributed by atoms with Gasteiger partial charge in [-0.25, -0.2) is 9.97 Å². The van der Waals surface area contributed by atoms with Gasteiger partial charge in [-0.2, -0.15) is 11.8 Å². The molecule has 0 amide bonds. The predicted octanol–water partition coefficient (Wildman–Crippen LogP) is 4.06. The zero-order valence-corrected chi connectivity index (χ0v) is 13.5. The summed E-state index contributed by atoms with van der Waals surface area (Å²) in [6, 6.07) is 2.53. The number of rotatable bonds is 4. The fraction of sp³-hybridized carbons (Fsp3) is 0.692. The average molecular weight is 330 g/mol. The van der Waals surface area contributed by atoms with Crippen molar-refractivity contribution in [1.29, 1.82) is 0 Å². The predicted molar refractivity (Wildman–Crippen MR) is 82.4 cm³/mol. The van der Waals surface area contributed by atoms with E-state index in [9.17, 15) is 0 Å². The highest BCUT2D eigenvalue weighted by molar-refractivity contribution is 9.10. The Labute approximate surface area is 122 Å². The van der Waals surface area contributed by atoms with Gasteiger partial charge in [-0.05, 0) is 41.4 Å². The molecule has 1 heterocycles. The lowest BCUT2D eigenvalue weighted by Gasteiger charge is -2.15. The van der Waals surface area contributed by atoms with Crippen LogP contribution in [0.1, 0.15) is 44.9 Å². The van der Waals surface area contributed by atoms with Crippen molar-refractivity contribution >= 4 is 33.5 Å². The van der Waals surface area contributed by atoms with E-state index in [2.05, 4.69) is 51.3 Å². The molecule has 18 heavy (non-hydrogen) atoms. The van der Waals surface area contributed by atoms with Gasteiger partial charge in [0, 0.05) is 23.3 Å². The highest BCUT2D eigenvalue weighted by Crippen LogP contribution is 2.30. The molecule has 1 aromatic heterocycles. The number of nitrogens with zero attached hydrogens (tertiary/aromatic N) is 2. The smallest absolute Gasteiger partial charge is 0.134 e. The molecule has 2 rings (SSSR count). The first-order valence-electron chi connectivity index (χ1n) is 6.42. The molecule has 0 bridgehead atoms. The van der Waals surface area contributed by atoms with Crippen LogP contribution in [0.4, 0.5) is 5.82 Å². The van der Waals surface area contributed by atoms with Gasteiger partial charge < -0.3 is 5.32 Å². The number of anilines is 1. The molecule has 5 heteroatoms. The summed E-state index contributed by atoms with van der Waals surface area (Å²) < 4.78 is 0.864. The first-order valence-corrected chi connectivity index (χ1v) is 8.50. The van der Waals surface area contributed by atoms with Crippen molar-refractivity contribution in [3.8, 4) is 0 Å². The second-order valence-electron chi connectivity index (χ2n) is 5.10. The van der Waals surface area contributed by atoms with Crippen LogP contribution in [0.2, 0.25) is 0 Å². The lowest BCUT2D eigenvalue weighted by Crippen LogP contribution is -2.17. The van der Waals surface area contributed by atoms with Crippen LogP contribution in [-0.4, -0.2) is 27.5 Å². The Kier molecular flexibility index (Phi) is 4.90. The molecule has 100 valence electrons. The largest absolute Gasteiger partial charge is 0.367 e. The van der Waals surface area contributed by atoms with Crippen LogP contribution in [0.5, 0.6) is 0 Å². The van der Waals surface area contributed by atoms with Gasteiger partial charge in [0.05, 0.1) is 0 Å². The summed E-state index contributed by atoms with van der Waals surface area (Å²) >= 11 is 5.44. The SMILES string of the molecule is CSC1CCC(Nc2cc(Br)nc(C(C)C)n2)C1. The molecule has 1 saturated carbocycles. The summed E-state index contributed by atoms with van der Waals surface area (Å²) in [5, 5.41) is 4.35. The number of nitrogens with one attached hydrogen (secondary N) is 1. The molecule has 0 aliphatic heterocycles. The number of hydrogen-bond acceptors (Lipinski definition) is 4. The molecule has 0 aromatic carbocycles. The Morgan fingerprint density at radius 3 is 2.78 bits per heavy atom. The molecule has 1 N–H and O–H groups in total. The minimum Gasteiger partial charge on any atom is -0.367 e. The molecule has 1 aliphatic rings. The van der Waals surface area contributed by atoms with E-state index >= 15 is 0 Å². The molecular weight excluding hydrogens is 310 g/mol. The monoisotopic (exact) mass is 329 g/mol. The number of aromatic nitrogens is 2. The molecular formula is C13H20BrN3S. The summed E-state index contributed by atoms with van der Waals surface area (Å²) in [6.07, 6.45) is 5.98. The minimum absolute atomic E-state index is 0.352. The summed E-state index contributed by atoms with van der Waals surface area (Å²) in [6.45, 7) is 4.23. The van der Waals surface area contributed by atoms with E-state index in [4.69, 9.17) is 0 Å². The van der Waals surface area contributed by atoms with E-state index < -0.39 is 0 Å². The van der Waals surface area contributed by atoms with Crippen molar-refractivity contribution in [2.24, 2.45) is 0 Å². The van der Waals surface area contributed by atoms with Crippen LogP contribution < -0.4 is 5.32 Å². The Balaban J connectivity index is 2.05. The Bertz CT molecular complexity index is 411. The Morgan fingerprint density at radius 2 is 2.17 bits per heavy atom. The second kappa shape index (κ2) is 6.24. The molecule has 3 nitrogen and oxygen atoms in total. The molecule has 2 atom stereocenters. The number of thioether (sulfide) groups is 1. The van der Waals surface area contributed by atoms with Crippen LogP contribution in [0.15, 0.2) is 10.7 Å². The maximum atomic E-state index is 4.59. The molecule has 1 aromatic rings. The van der Waals surface area contributed by atoms with Crippen LogP contribution in [0, 0.1) is 0 Å². The standard InChI is InChI=1S/C13H20BrN3S/c1-8(2)13-16-11(14)7-12(17-13)15-9-4-5-10(6-9)18-3/h7-10H,4-6H2,1-3H3,(H,15,16,17). The van der Waals surface area contributed by atoms with Gasteiger partial charge in [-0.1, -0.05) is 13.8 Å². The van der Waals surface area contributed by atoms with E-state index in [0.717, 1.165) is 21.5 Å². The first-order chi connectivity index (χ1) is 8.58. The topological polar surface area (TPSA) is 37.8 Å². The highest BCUT2D eigenvalue weighted by atomic mass is 79.9.